The molecular weight excluding hydrogens is 542 g/mol. The van der Waals surface area contributed by atoms with E-state index < -0.39 is 11.5 Å². The van der Waals surface area contributed by atoms with E-state index in [0.29, 0.717) is 23.9 Å². The number of amides is 3. The first-order valence-corrected chi connectivity index (χ1v) is 15.3. The van der Waals surface area contributed by atoms with Crippen LogP contribution in [0.25, 0.3) is 0 Å². The Labute approximate surface area is 252 Å². The first-order chi connectivity index (χ1) is 20.6. The minimum atomic E-state index is -0.843. The fraction of sp³-hybridized carbons (Fsp3) is 0.471. The lowest BCUT2D eigenvalue weighted by Crippen LogP contribution is -2.52. The van der Waals surface area contributed by atoms with E-state index in [1.165, 1.54) is 23.9 Å². The number of carbonyl (C=O) groups is 3. The van der Waals surface area contributed by atoms with E-state index in [2.05, 4.69) is 28.0 Å². The van der Waals surface area contributed by atoms with Crippen LogP contribution in [0.5, 0.6) is 5.75 Å². The number of fused-ring (bicyclic) bond motifs is 1. The molecule has 1 spiro atoms. The molecule has 2 heterocycles. The van der Waals surface area contributed by atoms with Gasteiger partial charge in [0.2, 0.25) is 11.8 Å². The van der Waals surface area contributed by atoms with Crippen LogP contribution in [0.15, 0.2) is 60.8 Å². The smallest absolute Gasteiger partial charge is 0.270 e. The van der Waals surface area contributed by atoms with Crippen molar-refractivity contribution < 1.29 is 19.1 Å². The van der Waals surface area contributed by atoms with Crippen LogP contribution in [0.4, 0.5) is 5.69 Å². The van der Waals surface area contributed by atoms with Crippen molar-refractivity contribution in [3.05, 3.63) is 77.6 Å². The van der Waals surface area contributed by atoms with Gasteiger partial charge in [0.25, 0.3) is 5.91 Å². The summed E-state index contributed by atoms with van der Waals surface area (Å²) in [6, 6.07) is 16.1. The maximum absolute atomic E-state index is 14.1. The number of para-hydroxylation sites is 1. The predicted molar refractivity (Wildman–Crippen MR) is 164 cm³/mol. The number of hydrogen-bond acceptors (Lipinski definition) is 5. The second-order valence-corrected chi connectivity index (χ2v) is 13.1. The average molecular weight is 584 g/mol. The van der Waals surface area contributed by atoms with Crippen molar-refractivity contribution in [2.24, 2.45) is 18.4 Å². The summed E-state index contributed by atoms with van der Waals surface area (Å²) in [6.45, 7) is 6.43. The van der Waals surface area contributed by atoms with Crippen LogP contribution in [-0.4, -0.2) is 46.2 Å². The summed E-state index contributed by atoms with van der Waals surface area (Å²) >= 11 is 0. The molecule has 3 aliphatic rings. The molecule has 1 aliphatic heterocycles. The fourth-order valence-corrected chi connectivity index (χ4v) is 6.54. The number of nitrogens with zero attached hydrogens (tertiary/aromatic N) is 2. The van der Waals surface area contributed by atoms with Crippen LogP contribution >= 0.6 is 0 Å². The number of rotatable bonds is 9. The van der Waals surface area contributed by atoms with Gasteiger partial charge in [0.05, 0.1) is 12.0 Å². The molecule has 0 bridgehead atoms. The lowest BCUT2D eigenvalue weighted by molar-refractivity contribution is -0.127. The van der Waals surface area contributed by atoms with Gasteiger partial charge in [-0.15, -0.1) is 0 Å². The van der Waals surface area contributed by atoms with Crippen LogP contribution in [0.2, 0.25) is 0 Å². The van der Waals surface area contributed by atoms with Crippen molar-refractivity contribution in [1.29, 1.82) is 0 Å². The molecule has 0 saturated heterocycles. The molecule has 3 atom stereocenters. The van der Waals surface area contributed by atoms with Crippen molar-refractivity contribution >= 4 is 23.4 Å². The minimum Gasteiger partial charge on any atom is -0.493 e. The SMILES string of the molecule is C[C@H](NC(=O)C(C)(C)c1ccc(NC(=O)[C@@H](NC(=O)c2ccnn2C)C2c3ccccc3OCC23CC3)cc1)C1CCC1. The maximum atomic E-state index is 14.1. The second kappa shape index (κ2) is 11.2. The van der Waals surface area contributed by atoms with Gasteiger partial charge in [0, 0.05) is 41.9 Å². The molecule has 9 heteroatoms. The third kappa shape index (κ3) is 5.53. The van der Waals surface area contributed by atoms with Crippen molar-refractivity contribution in [2.75, 3.05) is 11.9 Å². The molecule has 1 unspecified atom stereocenters. The number of aryl methyl sites for hydroxylation is 1. The van der Waals surface area contributed by atoms with Gasteiger partial charge in [0.15, 0.2) is 0 Å². The maximum Gasteiger partial charge on any atom is 0.270 e. The Balaban J connectivity index is 1.23. The lowest BCUT2D eigenvalue weighted by atomic mass is 9.76. The fourth-order valence-electron chi connectivity index (χ4n) is 6.54. The van der Waals surface area contributed by atoms with Crippen molar-refractivity contribution in [1.82, 2.24) is 20.4 Å². The predicted octanol–water partition coefficient (Wildman–Crippen LogP) is 4.70. The number of carbonyl (C=O) groups excluding carboxylic acids is 3. The van der Waals surface area contributed by atoms with Gasteiger partial charge in [-0.25, -0.2) is 0 Å². The van der Waals surface area contributed by atoms with Gasteiger partial charge in [-0.2, -0.15) is 5.10 Å². The molecule has 3 amide bonds. The summed E-state index contributed by atoms with van der Waals surface area (Å²) in [7, 11) is 1.70. The monoisotopic (exact) mass is 583 g/mol. The van der Waals surface area contributed by atoms with E-state index in [1.54, 1.807) is 19.3 Å². The second-order valence-electron chi connectivity index (χ2n) is 13.1. The number of benzene rings is 2. The topological polar surface area (TPSA) is 114 Å². The van der Waals surface area contributed by atoms with Gasteiger partial charge in [-0.3, -0.25) is 19.1 Å². The number of hydrogen-bond donors (Lipinski definition) is 3. The van der Waals surface area contributed by atoms with Crippen molar-refractivity contribution in [3.63, 3.8) is 0 Å². The zero-order valence-electron chi connectivity index (χ0n) is 25.4. The number of aromatic nitrogens is 2. The van der Waals surface area contributed by atoms with E-state index in [1.807, 2.05) is 62.4 Å². The summed E-state index contributed by atoms with van der Waals surface area (Å²) < 4.78 is 7.59. The highest BCUT2D eigenvalue weighted by Gasteiger charge is 2.57. The number of ether oxygens (including phenoxy) is 1. The minimum absolute atomic E-state index is 0.00505. The number of nitrogens with one attached hydrogen (secondary N) is 3. The molecule has 2 fully saturated rings. The van der Waals surface area contributed by atoms with Gasteiger partial charge >= 0.3 is 0 Å². The van der Waals surface area contributed by atoms with Crippen LogP contribution in [0, 0.1) is 11.3 Å². The molecule has 6 rings (SSSR count). The largest absolute Gasteiger partial charge is 0.493 e. The molecule has 2 aliphatic carbocycles. The first-order valence-electron chi connectivity index (χ1n) is 15.3. The average Bonchev–Trinajstić information content (AvgIpc) is 3.59. The third-order valence-corrected chi connectivity index (χ3v) is 9.93. The Morgan fingerprint density at radius 1 is 1.02 bits per heavy atom. The van der Waals surface area contributed by atoms with E-state index in [0.717, 1.165) is 29.7 Å². The molecule has 3 aromatic rings. The van der Waals surface area contributed by atoms with Gasteiger partial charge in [-0.05, 0) is 82.2 Å². The number of anilines is 1. The van der Waals surface area contributed by atoms with Crippen LogP contribution < -0.4 is 20.7 Å². The Kier molecular flexibility index (Phi) is 7.52. The molecule has 43 heavy (non-hydrogen) atoms. The summed E-state index contributed by atoms with van der Waals surface area (Å²) in [5.41, 5.74) is 1.81. The van der Waals surface area contributed by atoms with Crippen LogP contribution in [0.1, 0.15) is 80.4 Å². The Hall–Kier alpha value is -4.14. The standard InChI is InChI=1S/C34H41N5O4/c1-21(22-8-7-9-22)36-32(42)33(2,3)23-12-14-24(15-13-23)37-31(41)29(38-30(40)26-16-19-35-39(26)4)28-25-10-5-6-11-27(25)43-20-34(28)17-18-34/h5-6,10-16,19,21-22,28-29H,7-9,17-18,20H2,1-4H3,(H,36,42)(H,37,41)(H,38,40)/t21-,28?,29-/m0/s1. The Bertz CT molecular complexity index is 1520. The van der Waals surface area contributed by atoms with Crippen molar-refractivity contribution in [2.45, 2.75) is 76.3 Å². The van der Waals surface area contributed by atoms with Gasteiger partial charge < -0.3 is 20.7 Å². The molecule has 1 aromatic heterocycles. The summed E-state index contributed by atoms with van der Waals surface area (Å²) in [6.07, 6.45) is 6.97. The zero-order chi connectivity index (χ0) is 30.4. The highest BCUT2D eigenvalue weighted by atomic mass is 16.5. The molecular formula is C34H41N5O4. The Morgan fingerprint density at radius 2 is 1.74 bits per heavy atom. The van der Waals surface area contributed by atoms with Crippen LogP contribution in [-0.2, 0) is 22.1 Å². The highest BCUT2D eigenvalue weighted by molar-refractivity contribution is 6.01. The molecule has 2 saturated carbocycles. The van der Waals surface area contributed by atoms with E-state index >= 15 is 0 Å². The molecule has 226 valence electrons. The van der Waals surface area contributed by atoms with Crippen LogP contribution in [0.3, 0.4) is 0 Å². The van der Waals surface area contributed by atoms with Gasteiger partial charge in [0.1, 0.15) is 17.5 Å². The molecule has 2 aromatic carbocycles. The quantitative estimate of drug-likeness (QED) is 0.338. The summed E-state index contributed by atoms with van der Waals surface area (Å²) in [5.74, 6) is 0.376. The van der Waals surface area contributed by atoms with Crippen molar-refractivity contribution in [3.8, 4) is 5.75 Å². The first kappa shape index (κ1) is 29.0. The van der Waals surface area contributed by atoms with E-state index in [9.17, 15) is 14.4 Å². The normalized spacial score (nSPS) is 20.1. The molecule has 3 N–H and O–H groups in total. The van der Waals surface area contributed by atoms with Gasteiger partial charge in [-0.1, -0.05) is 36.8 Å². The molecule has 9 nitrogen and oxygen atoms in total. The highest BCUT2D eigenvalue weighted by Crippen LogP contribution is 2.61. The third-order valence-electron chi connectivity index (χ3n) is 9.93. The van der Waals surface area contributed by atoms with E-state index in [4.69, 9.17) is 4.74 Å². The zero-order valence-corrected chi connectivity index (χ0v) is 25.4. The summed E-state index contributed by atoms with van der Waals surface area (Å²) in [4.78, 5) is 40.7. The Morgan fingerprint density at radius 3 is 2.37 bits per heavy atom. The lowest BCUT2D eigenvalue weighted by Gasteiger charge is -2.38. The van der Waals surface area contributed by atoms with E-state index in [-0.39, 0.29) is 35.1 Å². The summed E-state index contributed by atoms with van der Waals surface area (Å²) in [5, 5.41) is 13.4. The molecule has 0 radical (unpaired) electrons.